The summed E-state index contributed by atoms with van der Waals surface area (Å²) >= 11 is 0. The molecule has 0 amide bonds. The van der Waals surface area contributed by atoms with Gasteiger partial charge in [-0.1, -0.05) is 36.8 Å². The van der Waals surface area contributed by atoms with Crippen LogP contribution >= 0.6 is 0 Å². The van der Waals surface area contributed by atoms with Gasteiger partial charge in [0.1, 0.15) is 0 Å². The van der Waals surface area contributed by atoms with Crippen LogP contribution in [0.3, 0.4) is 0 Å². The molecule has 0 bridgehead atoms. The van der Waals surface area contributed by atoms with Gasteiger partial charge in [0.15, 0.2) is 5.96 Å². The van der Waals surface area contributed by atoms with Crippen LogP contribution in [0, 0.1) is 0 Å². The number of carbonyl (C=O) groups excluding carboxylic acids is 1. The molecule has 0 aliphatic rings. The Kier molecular flexibility index (Phi) is 11.1. The molecule has 6 heteroatoms. The highest BCUT2D eigenvalue weighted by Gasteiger charge is 2.07. The van der Waals surface area contributed by atoms with Gasteiger partial charge in [-0.25, -0.2) is 0 Å². The first-order chi connectivity index (χ1) is 12.2. The van der Waals surface area contributed by atoms with Crippen LogP contribution in [0.15, 0.2) is 35.3 Å². The Morgan fingerprint density at radius 3 is 2.64 bits per heavy atom. The van der Waals surface area contributed by atoms with Gasteiger partial charge >= 0.3 is 5.97 Å². The summed E-state index contributed by atoms with van der Waals surface area (Å²) in [6.45, 7) is 4.16. The second kappa shape index (κ2) is 13.2. The number of aliphatic imine (C=N–C) groups is 1. The number of nitrogens with one attached hydrogen (secondary N) is 2. The molecular weight excluding hydrogens is 318 g/mol. The van der Waals surface area contributed by atoms with E-state index in [2.05, 4.69) is 20.4 Å². The third kappa shape index (κ3) is 9.72. The number of nitrogens with zero attached hydrogens (tertiary/aromatic N) is 1. The lowest BCUT2D eigenvalue weighted by atomic mass is 10.1. The number of esters is 1. The largest absolute Gasteiger partial charge is 0.469 e. The Bertz CT molecular complexity index is 506. The second-order valence-electron chi connectivity index (χ2n) is 5.79. The van der Waals surface area contributed by atoms with Crippen molar-refractivity contribution in [2.24, 2.45) is 4.99 Å². The van der Waals surface area contributed by atoms with Crippen molar-refractivity contribution in [3.05, 3.63) is 35.9 Å². The molecule has 0 spiro atoms. The molecule has 0 aromatic heterocycles. The molecule has 0 radical (unpaired) electrons. The number of carbonyl (C=O) groups is 1. The fraction of sp³-hybridized carbons (Fsp3) is 0.579. The maximum Gasteiger partial charge on any atom is 0.305 e. The summed E-state index contributed by atoms with van der Waals surface area (Å²) < 4.78 is 4.62. The first-order valence-corrected chi connectivity index (χ1v) is 8.99. The summed E-state index contributed by atoms with van der Waals surface area (Å²) in [4.78, 5) is 15.5. The maximum absolute atomic E-state index is 11.0. The average Bonchev–Trinajstić information content (AvgIpc) is 2.64. The predicted octanol–water partition coefficient (Wildman–Crippen LogP) is 2.40. The molecule has 1 unspecified atom stereocenters. The van der Waals surface area contributed by atoms with Crippen LogP contribution in [0.4, 0.5) is 0 Å². The summed E-state index contributed by atoms with van der Waals surface area (Å²) in [6.07, 6.45) is 3.32. The van der Waals surface area contributed by atoms with Crippen LogP contribution in [-0.4, -0.2) is 43.8 Å². The van der Waals surface area contributed by atoms with Gasteiger partial charge in [-0.15, -0.1) is 0 Å². The number of benzene rings is 1. The van der Waals surface area contributed by atoms with Crippen LogP contribution < -0.4 is 10.6 Å². The zero-order valence-electron chi connectivity index (χ0n) is 15.3. The van der Waals surface area contributed by atoms with E-state index < -0.39 is 6.10 Å². The number of rotatable bonds is 11. The molecule has 1 rings (SSSR count). The number of aliphatic hydroxyl groups is 1. The van der Waals surface area contributed by atoms with Crippen molar-refractivity contribution in [3.63, 3.8) is 0 Å². The van der Waals surface area contributed by atoms with Gasteiger partial charge in [0.05, 0.1) is 13.2 Å². The van der Waals surface area contributed by atoms with E-state index >= 15 is 0 Å². The molecule has 1 atom stereocenters. The summed E-state index contributed by atoms with van der Waals surface area (Å²) in [5.74, 6) is 0.603. The molecule has 0 aliphatic carbocycles. The van der Waals surface area contributed by atoms with E-state index in [0.717, 1.165) is 37.3 Å². The Balaban J connectivity index is 2.25. The van der Waals surface area contributed by atoms with Crippen LogP contribution in [0.25, 0.3) is 0 Å². The number of hydrogen-bond acceptors (Lipinski definition) is 4. The predicted molar refractivity (Wildman–Crippen MR) is 100 cm³/mol. The van der Waals surface area contributed by atoms with Crippen LogP contribution in [-0.2, 0) is 9.53 Å². The summed E-state index contributed by atoms with van der Waals surface area (Å²) in [5, 5.41) is 16.6. The highest BCUT2D eigenvalue weighted by molar-refractivity contribution is 5.79. The van der Waals surface area contributed by atoms with Gasteiger partial charge in [-0.2, -0.15) is 0 Å². The van der Waals surface area contributed by atoms with Gasteiger partial charge in [-0.3, -0.25) is 9.79 Å². The van der Waals surface area contributed by atoms with E-state index in [1.807, 2.05) is 37.3 Å². The molecular formula is C19H31N3O3. The summed E-state index contributed by atoms with van der Waals surface area (Å²) in [5.41, 5.74) is 0.928. The minimum Gasteiger partial charge on any atom is -0.469 e. The second-order valence-corrected chi connectivity index (χ2v) is 5.79. The normalized spacial score (nSPS) is 12.5. The summed E-state index contributed by atoms with van der Waals surface area (Å²) in [6, 6.07) is 9.65. The molecule has 3 N–H and O–H groups in total. The fourth-order valence-electron chi connectivity index (χ4n) is 2.36. The van der Waals surface area contributed by atoms with Crippen molar-refractivity contribution in [2.75, 3.05) is 26.7 Å². The lowest BCUT2D eigenvalue weighted by Gasteiger charge is -2.14. The molecule has 0 saturated carbocycles. The van der Waals surface area contributed by atoms with Crippen LogP contribution in [0.2, 0.25) is 0 Å². The first-order valence-electron chi connectivity index (χ1n) is 8.99. The molecule has 25 heavy (non-hydrogen) atoms. The van der Waals surface area contributed by atoms with Gasteiger partial charge in [-0.05, 0) is 31.7 Å². The quantitative estimate of drug-likeness (QED) is 0.247. The van der Waals surface area contributed by atoms with E-state index in [1.165, 1.54) is 7.11 Å². The van der Waals surface area contributed by atoms with E-state index in [0.29, 0.717) is 25.9 Å². The van der Waals surface area contributed by atoms with Gasteiger partial charge in [0, 0.05) is 26.1 Å². The van der Waals surface area contributed by atoms with Crippen LogP contribution in [0.1, 0.15) is 50.7 Å². The smallest absolute Gasteiger partial charge is 0.305 e. The van der Waals surface area contributed by atoms with E-state index in [-0.39, 0.29) is 5.97 Å². The van der Waals surface area contributed by atoms with E-state index in [9.17, 15) is 9.90 Å². The maximum atomic E-state index is 11.0. The Hall–Kier alpha value is -2.08. The van der Waals surface area contributed by atoms with Gasteiger partial charge < -0.3 is 20.5 Å². The molecule has 0 aliphatic heterocycles. The van der Waals surface area contributed by atoms with Crippen molar-refractivity contribution in [1.29, 1.82) is 0 Å². The standard InChI is InChI=1S/C19H31N3O3/c1-3-20-19(21-14-9-5-8-12-18(24)25-2)22-15-13-17(23)16-10-6-4-7-11-16/h4,6-7,10-11,17,23H,3,5,8-9,12-15H2,1-2H3,(H2,20,21,22). The highest BCUT2D eigenvalue weighted by Crippen LogP contribution is 2.14. The lowest BCUT2D eigenvalue weighted by Crippen LogP contribution is -2.38. The minimum absolute atomic E-state index is 0.157. The molecule has 6 nitrogen and oxygen atoms in total. The van der Waals surface area contributed by atoms with Crippen molar-refractivity contribution in [2.45, 2.75) is 45.1 Å². The number of aliphatic hydroxyl groups excluding tert-OH is 1. The Morgan fingerprint density at radius 1 is 1.20 bits per heavy atom. The molecule has 140 valence electrons. The minimum atomic E-state index is -0.477. The average molecular weight is 349 g/mol. The van der Waals surface area contributed by atoms with E-state index in [1.54, 1.807) is 0 Å². The number of ether oxygens (including phenoxy) is 1. The third-order valence-corrected chi connectivity index (χ3v) is 3.78. The van der Waals surface area contributed by atoms with Crippen molar-refractivity contribution < 1.29 is 14.6 Å². The van der Waals surface area contributed by atoms with Crippen molar-refractivity contribution in [1.82, 2.24) is 10.6 Å². The zero-order valence-corrected chi connectivity index (χ0v) is 15.3. The summed E-state index contributed by atoms with van der Waals surface area (Å²) in [7, 11) is 1.41. The molecule has 0 saturated heterocycles. The van der Waals surface area contributed by atoms with Gasteiger partial charge in [0.25, 0.3) is 0 Å². The Morgan fingerprint density at radius 2 is 1.96 bits per heavy atom. The first kappa shape index (κ1) is 21.0. The molecule has 1 aromatic rings. The highest BCUT2D eigenvalue weighted by atomic mass is 16.5. The fourth-order valence-corrected chi connectivity index (χ4v) is 2.36. The lowest BCUT2D eigenvalue weighted by molar-refractivity contribution is -0.140. The number of guanidine groups is 1. The monoisotopic (exact) mass is 349 g/mol. The van der Waals surface area contributed by atoms with Crippen molar-refractivity contribution in [3.8, 4) is 0 Å². The number of hydrogen-bond donors (Lipinski definition) is 3. The number of methoxy groups -OCH3 is 1. The molecule has 1 aromatic carbocycles. The Labute approximate surface area is 150 Å². The van der Waals surface area contributed by atoms with E-state index in [4.69, 9.17) is 0 Å². The van der Waals surface area contributed by atoms with Crippen molar-refractivity contribution >= 4 is 11.9 Å². The topological polar surface area (TPSA) is 83.0 Å². The van der Waals surface area contributed by atoms with Crippen LogP contribution in [0.5, 0.6) is 0 Å². The number of unbranched alkanes of at least 4 members (excludes halogenated alkanes) is 2. The van der Waals surface area contributed by atoms with Gasteiger partial charge in [0.2, 0.25) is 0 Å². The third-order valence-electron chi connectivity index (χ3n) is 3.78. The SMILES string of the molecule is CCNC(=NCCCCCC(=O)OC)NCCC(O)c1ccccc1. The molecule has 0 fully saturated rings. The molecule has 0 heterocycles. The zero-order chi connectivity index (χ0) is 18.3.